The number of piperidine rings is 1. The predicted octanol–water partition coefficient (Wildman–Crippen LogP) is 2.55. The molecule has 246 valence electrons. The van der Waals surface area contributed by atoms with Crippen molar-refractivity contribution in [2.24, 2.45) is 10.9 Å². The predicted molar refractivity (Wildman–Crippen MR) is 163 cm³/mol. The molecular weight excluding hydrogens is 609 g/mol. The van der Waals surface area contributed by atoms with Gasteiger partial charge in [-0.05, 0) is 43.0 Å². The lowest BCUT2D eigenvalue weighted by molar-refractivity contribution is -0.140. The van der Waals surface area contributed by atoms with E-state index in [1.165, 1.54) is 6.07 Å². The van der Waals surface area contributed by atoms with Gasteiger partial charge in [0.1, 0.15) is 0 Å². The van der Waals surface area contributed by atoms with E-state index in [2.05, 4.69) is 15.3 Å². The summed E-state index contributed by atoms with van der Waals surface area (Å²) in [6.45, 7) is 5.50. The lowest BCUT2D eigenvalue weighted by Crippen LogP contribution is -2.48. The van der Waals surface area contributed by atoms with Crippen molar-refractivity contribution in [1.82, 2.24) is 25.1 Å². The largest absolute Gasteiger partial charge is 0.417 e. The third-order valence-corrected chi connectivity index (χ3v) is 10.4. The van der Waals surface area contributed by atoms with Crippen LogP contribution in [0.3, 0.4) is 0 Å². The van der Waals surface area contributed by atoms with Crippen molar-refractivity contribution in [1.29, 1.82) is 0 Å². The number of alkyl halides is 3. The molecule has 6 rings (SSSR count). The van der Waals surface area contributed by atoms with E-state index in [0.717, 1.165) is 62.4 Å². The van der Waals surface area contributed by atoms with Crippen LogP contribution in [0.15, 0.2) is 39.9 Å². The van der Waals surface area contributed by atoms with Gasteiger partial charge in [-0.3, -0.25) is 14.6 Å². The van der Waals surface area contributed by atoms with Crippen LogP contribution in [-0.2, 0) is 20.5 Å². The van der Waals surface area contributed by atoms with Crippen molar-refractivity contribution in [2.75, 3.05) is 71.3 Å². The number of nitrogens with one attached hydrogen (secondary N) is 1. The summed E-state index contributed by atoms with van der Waals surface area (Å²) < 4.78 is 47.3. The normalized spacial score (nSPS) is 25.6. The Bertz CT molecular complexity index is 1300. The van der Waals surface area contributed by atoms with Crippen LogP contribution in [0.4, 0.5) is 13.2 Å². The maximum Gasteiger partial charge on any atom is 0.417 e. The molecule has 14 heteroatoms. The number of hydrogen-bond donors (Lipinski definition) is 2. The van der Waals surface area contributed by atoms with Crippen LogP contribution in [0.25, 0.3) is 0 Å². The number of aliphatic hydroxyl groups is 1. The molecule has 3 unspecified atom stereocenters. The minimum atomic E-state index is -4.55. The second-order valence-corrected chi connectivity index (χ2v) is 13.4. The lowest BCUT2D eigenvalue weighted by Gasteiger charge is -2.37. The summed E-state index contributed by atoms with van der Waals surface area (Å²) >= 11 is 0.912. The summed E-state index contributed by atoms with van der Waals surface area (Å²) in [5, 5.41) is 13.0. The number of dihydropyridines is 1. The number of aliphatic hydroxyl groups excluding tert-OH is 1. The Morgan fingerprint density at radius 3 is 2.62 bits per heavy atom. The molecule has 0 bridgehead atoms. The van der Waals surface area contributed by atoms with Gasteiger partial charge in [0, 0.05) is 81.0 Å². The molecule has 2 amide bonds. The summed E-state index contributed by atoms with van der Waals surface area (Å²) in [4.78, 5) is 35.2. The van der Waals surface area contributed by atoms with Gasteiger partial charge in [-0.25, -0.2) is 5.43 Å². The van der Waals surface area contributed by atoms with E-state index in [4.69, 9.17) is 4.74 Å². The van der Waals surface area contributed by atoms with E-state index < -0.39 is 17.8 Å². The molecule has 0 aliphatic carbocycles. The fourth-order valence-electron chi connectivity index (χ4n) is 7.05. The third-order valence-electron chi connectivity index (χ3n) is 9.40. The molecule has 0 saturated carbocycles. The van der Waals surface area contributed by atoms with Crippen molar-refractivity contribution < 1.29 is 32.6 Å². The minimum absolute atomic E-state index is 0.0192. The first-order valence-corrected chi connectivity index (χ1v) is 16.8. The van der Waals surface area contributed by atoms with E-state index in [1.807, 2.05) is 16.0 Å². The van der Waals surface area contributed by atoms with Gasteiger partial charge in [0.25, 0.3) is 0 Å². The van der Waals surface area contributed by atoms with Gasteiger partial charge in [-0.1, -0.05) is 6.07 Å². The van der Waals surface area contributed by atoms with Gasteiger partial charge in [-0.2, -0.15) is 13.2 Å². The van der Waals surface area contributed by atoms with E-state index in [0.29, 0.717) is 57.9 Å². The highest BCUT2D eigenvalue weighted by Gasteiger charge is 2.41. The molecule has 0 aromatic heterocycles. The SMILES string of the molecule is O=C(CSc1cc(C2NN(CC(O)CN3CCC(N4CCCC4=O)CC3)C3=CC=NCC32)ccc1C(F)(F)F)N1CCOCC1. The van der Waals surface area contributed by atoms with Crippen LogP contribution in [0, 0.1) is 5.92 Å². The number of carbonyl (C=O) groups is 2. The van der Waals surface area contributed by atoms with E-state index in [1.54, 1.807) is 17.2 Å². The average Bonchev–Trinajstić information content (AvgIpc) is 3.63. The van der Waals surface area contributed by atoms with Gasteiger partial charge >= 0.3 is 6.18 Å². The molecule has 5 aliphatic rings. The number of morpholine rings is 1. The van der Waals surface area contributed by atoms with Crippen LogP contribution < -0.4 is 5.43 Å². The number of rotatable bonds is 9. The number of nitrogens with zero attached hydrogens (tertiary/aromatic N) is 5. The molecule has 4 saturated heterocycles. The second kappa shape index (κ2) is 14.0. The number of thioether (sulfide) groups is 1. The Morgan fingerprint density at radius 2 is 1.91 bits per heavy atom. The molecule has 5 heterocycles. The van der Waals surface area contributed by atoms with Gasteiger partial charge < -0.3 is 29.6 Å². The van der Waals surface area contributed by atoms with Crippen molar-refractivity contribution in [3.05, 3.63) is 41.1 Å². The summed E-state index contributed by atoms with van der Waals surface area (Å²) in [7, 11) is 0. The standard InChI is InChI=1S/C31H41F3N6O4S/c32-31(33,34)25-4-3-21(16-27(25)45-20-29(43)38-12-14-44-15-13-38)30-24-17-35-8-5-26(24)40(36-30)19-23(41)18-37-10-6-22(7-11-37)39-9-1-2-28(39)42/h3-5,8,16,22-24,30,36,41H,1-2,6-7,9-15,17-20H2. The van der Waals surface area contributed by atoms with Gasteiger partial charge in [-0.15, -0.1) is 11.8 Å². The Balaban J connectivity index is 1.10. The van der Waals surface area contributed by atoms with Crippen LogP contribution >= 0.6 is 11.8 Å². The van der Waals surface area contributed by atoms with Crippen LogP contribution in [0.2, 0.25) is 0 Å². The average molecular weight is 651 g/mol. The molecule has 5 aliphatic heterocycles. The number of amides is 2. The highest BCUT2D eigenvalue weighted by atomic mass is 32.2. The fraction of sp³-hybridized carbons (Fsp3) is 0.645. The number of allylic oxidation sites excluding steroid dienone is 1. The Labute approximate surface area is 265 Å². The number of hydrazine groups is 1. The van der Waals surface area contributed by atoms with Crippen molar-refractivity contribution in [3.8, 4) is 0 Å². The highest BCUT2D eigenvalue weighted by molar-refractivity contribution is 8.00. The fourth-order valence-corrected chi connectivity index (χ4v) is 8.07. The third kappa shape index (κ3) is 7.51. The quantitative estimate of drug-likeness (QED) is 0.394. The summed E-state index contributed by atoms with van der Waals surface area (Å²) in [6, 6.07) is 4.09. The van der Waals surface area contributed by atoms with E-state index in [9.17, 15) is 27.9 Å². The number of aliphatic imine (C=N–C) groups is 1. The minimum Gasteiger partial charge on any atom is -0.390 e. The summed E-state index contributed by atoms with van der Waals surface area (Å²) in [6.07, 6.45) is 1.79. The van der Waals surface area contributed by atoms with Crippen molar-refractivity contribution >= 4 is 29.8 Å². The molecule has 3 atom stereocenters. The molecule has 45 heavy (non-hydrogen) atoms. The number of likely N-dealkylation sites (tertiary alicyclic amines) is 2. The summed E-state index contributed by atoms with van der Waals surface area (Å²) in [5.41, 5.74) is 4.31. The Kier molecular flexibility index (Phi) is 10.0. The Morgan fingerprint density at radius 1 is 1.13 bits per heavy atom. The Hall–Kier alpha value is -2.65. The number of ether oxygens (including phenoxy) is 1. The molecule has 0 radical (unpaired) electrons. The molecule has 0 spiro atoms. The molecule has 1 aromatic rings. The first kappa shape index (κ1) is 32.3. The monoisotopic (exact) mass is 650 g/mol. The highest BCUT2D eigenvalue weighted by Crippen LogP contribution is 2.42. The topological polar surface area (TPSA) is 101 Å². The van der Waals surface area contributed by atoms with Gasteiger partial charge in [0.15, 0.2) is 0 Å². The van der Waals surface area contributed by atoms with E-state index in [-0.39, 0.29) is 40.5 Å². The molecule has 10 nitrogen and oxygen atoms in total. The smallest absolute Gasteiger partial charge is 0.390 e. The molecular formula is C31H41F3N6O4S. The van der Waals surface area contributed by atoms with Crippen LogP contribution in [-0.4, -0.2) is 126 Å². The van der Waals surface area contributed by atoms with Crippen LogP contribution in [0.5, 0.6) is 0 Å². The zero-order chi connectivity index (χ0) is 31.6. The molecule has 2 N–H and O–H groups in total. The molecule has 1 aromatic carbocycles. The first-order chi connectivity index (χ1) is 21.7. The van der Waals surface area contributed by atoms with E-state index >= 15 is 0 Å². The zero-order valence-electron chi connectivity index (χ0n) is 25.3. The number of halogens is 3. The lowest BCUT2D eigenvalue weighted by atomic mass is 9.90. The van der Waals surface area contributed by atoms with Crippen molar-refractivity contribution in [2.45, 2.75) is 54.9 Å². The van der Waals surface area contributed by atoms with Crippen molar-refractivity contribution in [3.63, 3.8) is 0 Å². The van der Waals surface area contributed by atoms with Gasteiger partial charge in [0.2, 0.25) is 11.8 Å². The molecule has 4 fully saturated rings. The first-order valence-electron chi connectivity index (χ1n) is 15.8. The summed E-state index contributed by atoms with van der Waals surface area (Å²) in [5.74, 6) is -0.155. The number of fused-ring (bicyclic) bond motifs is 1. The number of β-amino-alcohol motifs (C(OH)–C–C–N with tert-alkyl or cyclic N) is 1. The second-order valence-electron chi connectivity index (χ2n) is 12.3. The number of carbonyl (C=O) groups excluding carboxylic acids is 2. The zero-order valence-corrected chi connectivity index (χ0v) is 26.1. The van der Waals surface area contributed by atoms with Gasteiger partial charge in [0.05, 0.1) is 43.2 Å². The van der Waals surface area contributed by atoms with Crippen LogP contribution in [0.1, 0.15) is 42.9 Å². The number of hydrogen-bond acceptors (Lipinski definition) is 9. The maximum absolute atomic E-state index is 14.0. The maximum atomic E-state index is 14.0. The number of benzene rings is 1.